The van der Waals surface area contributed by atoms with Gasteiger partial charge in [0.15, 0.2) is 5.78 Å². The van der Waals surface area contributed by atoms with E-state index in [2.05, 4.69) is 39.8 Å². The molecule has 0 saturated heterocycles. The molecule has 2 aliphatic carbocycles. The second kappa shape index (κ2) is 7.60. The van der Waals surface area contributed by atoms with Crippen LogP contribution in [0.3, 0.4) is 0 Å². The average molecular weight is 337 g/mol. The number of carboxylic acids is 1. The Labute approximate surface area is 145 Å². The maximum Gasteiger partial charge on any atom is 0.328 e. The highest BCUT2D eigenvalue weighted by molar-refractivity contribution is 5.93. The molecular weight excluding hydrogens is 306 g/mol. The van der Waals surface area contributed by atoms with Crippen LogP contribution in [0.15, 0.2) is 12.2 Å². The first kappa shape index (κ1) is 20.6. The Morgan fingerprint density at radius 3 is 2.17 bits per heavy atom. The Bertz CT molecular complexity index is 519. The van der Waals surface area contributed by atoms with Gasteiger partial charge in [-0.3, -0.25) is 9.59 Å². The molecule has 0 aromatic rings. The quantitative estimate of drug-likeness (QED) is 0.781. The maximum absolute atomic E-state index is 12.5. The van der Waals surface area contributed by atoms with E-state index in [-0.39, 0.29) is 16.6 Å². The molecule has 2 aliphatic rings. The van der Waals surface area contributed by atoms with Crippen LogP contribution in [0.1, 0.15) is 47.0 Å². The number of aliphatic carboxylic acids is 1. The summed E-state index contributed by atoms with van der Waals surface area (Å²) >= 11 is 0. The number of ketones is 2. The number of carbonyl (C=O) groups is 3. The van der Waals surface area contributed by atoms with E-state index in [4.69, 9.17) is 5.11 Å². The molecule has 0 heterocycles. The fourth-order valence-electron chi connectivity index (χ4n) is 4.19. The second-order valence-electron chi connectivity index (χ2n) is 8.04. The summed E-state index contributed by atoms with van der Waals surface area (Å²) in [4.78, 5) is 34.4. The van der Waals surface area contributed by atoms with Gasteiger partial charge in [0.2, 0.25) is 0 Å². The van der Waals surface area contributed by atoms with E-state index in [0.717, 1.165) is 31.5 Å². The molecule has 2 saturated carbocycles. The lowest BCUT2D eigenvalue weighted by molar-refractivity contribution is -0.132. The zero-order valence-corrected chi connectivity index (χ0v) is 15.8. The topological polar surface area (TPSA) is 74.7 Å². The Kier molecular flexibility index (Phi) is 6.51. The Balaban J connectivity index is 0.000000307. The van der Waals surface area contributed by atoms with Gasteiger partial charge in [0, 0.05) is 17.4 Å². The zero-order chi connectivity index (χ0) is 18.7. The number of fused-ring (bicyclic) bond motifs is 2. The highest BCUT2D eigenvalue weighted by Crippen LogP contribution is 2.66. The van der Waals surface area contributed by atoms with Crippen molar-refractivity contribution in [1.82, 2.24) is 4.90 Å². The van der Waals surface area contributed by atoms with E-state index in [9.17, 15) is 14.4 Å². The summed E-state index contributed by atoms with van der Waals surface area (Å²) in [6, 6.07) is 0. The van der Waals surface area contributed by atoms with Crippen LogP contribution in [0.5, 0.6) is 0 Å². The van der Waals surface area contributed by atoms with Crippen molar-refractivity contribution in [3.05, 3.63) is 12.2 Å². The van der Waals surface area contributed by atoms with E-state index in [1.165, 1.54) is 13.3 Å². The third kappa shape index (κ3) is 4.12. The molecule has 3 unspecified atom stereocenters. The molecule has 0 aromatic carbocycles. The van der Waals surface area contributed by atoms with Gasteiger partial charge in [-0.2, -0.15) is 0 Å². The third-order valence-electron chi connectivity index (χ3n) is 6.02. The largest absolute Gasteiger partial charge is 0.478 e. The lowest BCUT2D eigenvalue weighted by atomic mass is 9.70. The fourth-order valence-corrected chi connectivity index (χ4v) is 4.19. The first-order chi connectivity index (χ1) is 10.9. The van der Waals surface area contributed by atoms with Crippen molar-refractivity contribution >= 4 is 17.5 Å². The summed E-state index contributed by atoms with van der Waals surface area (Å²) in [6.45, 7) is 9.14. The average Bonchev–Trinajstić information content (AvgIpc) is 2.76. The van der Waals surface area contributed by atoms with Crippen LogP contribution in [0.4, 0.5) is 0 Å². The number of Topliss-reactive ketones (excluding diaryl/α,β-unsaturated/α-hetero) is 1. The Morgan fingerprint density at radius 2 is 1.83 bits per heavy atom. The van der Waals surface area contributed by atoms with Crippen molar-refractivity contribution in [2.24, 2.45) is 22.7 Å². The lowest BCUT2D eigenvalue weighted by Gasteiger charge is -2.32. The van der Waals surface area contributed by atoms with E-state index < -0.39 is 5.97 Å². The molecular formula is C19H31NO4. The van der Waals surface area contributed by atoms with E-state index >= 15 is 0 Å². The molecule has 24 heavy (non-hydrogen) atoms. The van der Waals surface area contributed by atoms with Gasteiger partial charge >= 0.3 is 5.97 Å². The van der Waals surface area contributed by atoms with Gasteiger partial charge in [-0.05, 0) is 64.2 Å². The summed E-state index contributed by atoms with van der Waals surface area (Å²) in [5.74, 6) is 0.157. The highest BCUT2D eigenvalue weighted by Gasteiger charge is 2.65. The van der Waals surface area contributed by atoms with E-state index in [0.29, 0.717) is 17.6 Å². The molecule has 1 N–H and O–H groups in total. The van der Waals surface area contributed by atoms with Gasteiger partial charge < -0.3 is 10.0 Å². The molecule has 5 nitrogen and oxygen atoms in total. The SMILES string of the molecule is CC(=O)/C=C/C(=O)O.CN(C)CCC1C(=O)C2(C)CCC1C2(C)C. The summed E-state index contributed by atoms with van der Waals surface area (Å²) in [6.07, 6.45) is 5.23. The molecule has 3 atom stereocenters. The van der Waals surface area contributed by atoms with Gasteiger partial charge in [0.05, 0.1) is 0 Å². The number of hydrogen-bond donors (Lipinski definition) is 1. The molecule has 0 aromatic heterocycles. The van der Waals surface area contributed by atoms with Crippen molar-refractivity contribution in [3.8, 4) is 0 Å². The number of carbonyl (C=O) groups excluding carboxylic acids is 2. The van der Waals surface area contributed by atoms with Gasteiger partial charge in [-0.1, -0.05) is 20.8 Å². The first-order valence-electron chi connectivity index (χ1n) is 8.54. The molecule has 5 heteroatoms. The van der Waals surface area contributed by atoms with Crippen LogP contribution in [0.25, 0.3) is 0 Å². The van der Waals surface area contributed by atoms with Crippen LogP contribution >= 0.6 is 0 Å². The molecule has 2 fully saturated rings. The highest BCUT2D eigenvalue weighted by atomic mass is 16.4. The molecule has 0 radical (unpaired) electrons. The van der Waals surface area contributed by atoms with Crippen molar-refractivity contribution in [2.75, 3.05) is 20.6 Å². The molecule has 2 bridgehead atoms. The molecule has 2 rings (SSSR count). The minimum atomic E-state index is -1.10. The Hall–Kier alpha value is -1.49. The predicted octanol–water partition coefficient (Wildman–Crippen LogP) is 2.80. The summed E-state index contributed by atoms with van der Waals surface area (Å²) in [5, 5.41) is 7.92. The number of carboxylic acid groups (broad SMARTS) is 1. The van der Waals surface area contributed by atoms with Gasteiger partial charge in [-0.25, -0.2) is 4.79 Å². The predicted molar refractivity (Wildman–Crippen MR) is 93.7 cm³/mol. The normalized spacial score (nSPS) is 30.5. The summed E-state index contributed by atoms with van der Waals surface area (Å²) < 4.78 is 0. The zero-order valence-electron chi connectivity index (χ0n) is 15.8. The summed E-state index contributed by atoms with van der Waals surface area (Å²) in [5.41, 5.74) is 0.190. The van der Waals surface area contributed by atoms with E-state index in [1.807, 2.05) is 0 Å². The standard InChI is InChI=1S/C14H25NO.C5H6O3/c1-13(2)11-6-8-14(13,3)12(16)10(11)7-9-15(4)5;1-4(6)2-3-5(7)8/h10-11H,6-9H2,1-5H3;2-3H,1H3,(H,7,8)/b;3-2+. The van der Waals surface area contributed by atoms with E-state index in [1.54, 1.807) is 0 Å². The second-order valence-corrected chi connectivity index (χ2v) is 8.04. The number of nitrogens with zero attached hydrogens (tertiary/aromatic N) is 1. The molecule has 136 valence electrons. The van der Waals surface area contributed by atoms with Crippen molar-refractivity contribution < 1.29 is 19.5 Å². The minimum absolute atomic E-state index is 0.0331. The lowest BCUT2D eigenvalue weighted by Crippen LogP contribution is -2.34. The van der Waals surface area contributed by atoms with Crippen molar-refractivity contribution in [1.29, 1.82) is 0 Å². The van der Waals surface area contributed by atoms with Crippen LogP contribution in [-0.2, 0) is 14.4 Å². The smallest absolute Gasteiger partial charge is 0.328 e. The third-order valence-corrected chi connectivity index (χ3v) is 6.02. The molecule has 0 amide bonds. The summed E-state index contributed by atoms with van der Waals surface area (Å²) in [7, 11) is 4.18. The number of allylic oxidation sites excluding steroid dienone is 1. The van der Waals surface area contributed by atoms with Crippen molar-refractivity contribution in [3.63, 3.8) is 0 Å². The number of hydrogen-bond acceptors (Lipinski definition) is 4. The van der Waals surface area contributed by atoms with Gasteiger partial charge in [0.1, 0.15) is 5.78 Å². The first-order valence-corrected chi connectivity index (χ1v) is 8.54. The maximum atomic E-state index is 12.5. The molecule has 0 aliphatic heterocycles. The fraction of sp³-hybridized carbons (Fsp3) is 0.737. The van der Waals surface area contributed by atoms with Gasteiger partial charge in [-0.15, -0.1) is 0 Å². The Morgan fingerprint density at radius 1 is 1.25 bits per heavy atom. The van der Waals surface area contributed by atoms with Crippen LogP contribution in [-0.4, -0.2) is 48.2 Å². The van der Waals surface area contributed by atoms with Crippen LogP contribution < -0.4 is 0 Å². The van der Waals surface area contributed by atoms with Crippen LogP contribution in [0.2, 0.25) is 0 Å². The van der Waals surface area contributed by atoms with Gasteiger partial charge in [0.25, 0.3) is 0 Å². The monoisotopic (exact) mass is 337 g/mol. The van der Waals surface area contributed by atoms with Crippen LogP contribution in [0, 0.1) is 22.7 Å². The molecule has 0 spiro atoms. The van der Waals surface area contributed by atoms with Crippen molar-refractivity contribution in [2.45, 2.75) is 47.0 Å². The minimum Gasteiger partial charge on any atom is -0.478 e. The number of rotatable bonds is 5.